The Kier molecular flexibility index (Phi) is 4.56. The summed E-state index contributed by atoms with van der Waals surface area (Å²) in [6, 6.07) is 0. The summed E-state index contributed by atoms with van der Waals surface area (Å²) in [5, 5.41) is 0. The summed E-state index contributed by atoms with van der Waals surface area (Å²) in [7, 11) is 0. The molecule has 1 atom stereocenters. The minimum absolute atomic E-state index is 0.257. The smallest absolute Gasteiger partial charge is 0.222 e. The number of aryl methyl sites for hydroxylation is 2. The zero-order valence-electron chi connectivity index (χ0n) is 13.0. The van der Waals surface area contributed by atoms with Crippen molar-refractivity contribution < 1.29 is 4.79 Å². The SMILES string of the molecule is Cc1cnc([C@H]2CCCN(C(=O)CCCn3ccnc3)C2)[nH]1. The highest BCUT2D eigenvalue weighted by atomic mass is 16.2. The Bertz CT molecular complexity index is 604. The number of rotatable bonds is 5. The first kappa shape index (κ1) is 14.8. The van der Waals surface area contributed by atoms with E-state index < -0.39 is 0 Å². The zero-order valence-corrected chi connectivity index (χ0v) is 13.0. The molecule has 0 radical (unpaired) electrons. The molecule has 0 unspecified atom stereocenters. The Morgan fingerprint density at radius 1 is 1.50 bits per heavy atom. The fraction of sp³-hybridized carbons (Fsp3) is 0.562. The maximum absolute atomic E-state index is 12.4. The van der Waals surface area contributed by atoms with E-state index in [1.807, 2.05) is 28.8 Å². The lowest BCUT2D eigenvalue weighted by Crippen LogP contribution is -2.39. The third kappa shape index (κ3) is 3.55. The minimum atomic E-state index is 0.257. The fourth-order valence-electron chi connectivity index (χ4n) is 3.06. The average Bonchev–Trinajstić information content (AvgIpc) is 3.19. The van der Waals surface area contributed by atoms with Gasteiger partial charge in [-0.05, 0) is 26.2 Å². The van der Waals surface area contributed by atoms with E-state index in [1.165, 1.54) is 0 Å². The van der Waals surface area contributed by atoms with Crippen molar-refractivity contribution in [3.8, 4) is 0 Å². The van der Waals surface area contributed by atoms with E-state index in [4.69, 9.17) is 0 Å². The Morgan fingerprint density at radius 3 is 3.14 bits per heavy atom. The number of H-pyrrole nitrogens is 1. The molecule has 0 bridgehead atoms. The zero-order chi connectivity index (χ0) is 15.4. The lowest BCUT2D eigenvalue weighted by atomic mass is 9.97. The molecule has 3 rings (SSSR count). The molecule has 1 aliphatic rings. The van der Waals surface area contributed by atoms with E-state index in [9.17, 15) is 4.79 Å². The van der Waals surface area contributed by atoms with Crippen molar-refractivity contribution in [2.75, 3.05) is 13.1 Å². The van der Waals surface area contributed by atoms with Crippen LogP contribution in [0.4, 0.5) is 0 Å². The Balaban J connectivity index is 1.49. The van der Waals surface area contributed by atoms with Crippen molar-refractivity contribution in [3.63, 3.8) is 0 Å². The normalized spacial score (nSPS) is 18.6. The van der Waals surface area contributed by atoms with Crippen LogP contribution in [0.25, 0.3) is 0 Å². The van der Waals surface area contributed by atoms with Crippen LogP contribution in [0.2, 0.25) is 0 Å². The molecule has 0 spiro atoms. The first-order valence-corrected chi connectivity index (χ1v) is 7.97. The number of piperidine rings is 1. The highest BCUT2D eigenvalue weighted by Crippen LogP contribution is 2.25. The summed E-state index contributed by atoms with van der Waals surface area (Å²) < 4.78 is 2.01. The lowest BCUT2D eigenvalue weighted by Gasteiger charge is -2.32. The number of amides is 1. The van der Waals surface area contributed by atoms with Crippen LogP contribution in [0.1, 0.15) is 43.1 Å². The van der Waals surface area contributed by atoms with Crippen LogP contribution in [-0.4, -0.2) is 43.4 Å². The van der Waals surface area contributed by atoms with E-state index in [0.29, 0.717) is 12.3 Å². The summed E-state index contributed by atoms with van der Waals surface area (Å²) in [4.78, 5) is 26.1. The molecule has 1 fully saturated rings. The van der Waals surface area contributed by atoms with E-state index in [0.717, 1.165) is 50.4 Å². The number of nitrogens with zero attached hydrogens (tertiary/aromatic N) is 4. The first-order chi connectivity index (χ1) is 10.7. The molecular weight excluding hydrogens is 278 g/mol. The van der Waals surface area contributed by atoms with Gasteiger partial charge in [-0.2, -0.15) is 0 Å². The second-order valence-corrected chi connectivity index (χ2v) is 6.03. The van der Waals surface area contributed by atoms with Crippen LogP contribution in [-0.2, 0) is 11.3 Å². The van der Waals surface area contributed by atoms with Gasteiger partial charge in [0.2, 0.25) is 5.91 Å². The molecule has 1 amide bonds. The second kappa shape index (κ2) is 6.77. The first-order valence-electron chi connectivity index (χ1n) is 7.97. The summed E-state index contributed by atoms with van der Waals surface area (Å²) in [5.41, 5.74) is 1.08. The van der Waals surface area contributed by atoms with Crippen molar-refractivity contribution in [2.45, 2.75) is 45.1 Å². The standard InChI is InChI=1S/C16H23N5O/c1-13-10-18-16(19-13)14-4-2-8-21(11-14)15(22)5-3-7-20-9-6-17-12-20/h6,9-10,12,14H,2-5,7-8,11H2,1H3,(H,18,19)/t14-/m0/s1. The quantitative estimate of drug-likeness (QED) is 0.919. The maximum Gasteiger partial charge on any atom is 0.222 e. The number of hydrogen-bond donors (Lipinski definition) is 1. The molecule has 0 saturated carbocycles. The number of hydrogen-bond acceptors (Lipinski definition) is 3. The molecule has 1 aliphatic heterocycles. The van der Waals surface area contributed by atoms with Crippen LogP contribution in [0.15, 0.2) is 24.9 Å². The minimum Gasteiger partial charge on any atom is -0.346 e. The third-order valence-electron chi connectivity index (χ3n) is 4.25. The molecule has 0 aliphatic carbocycles. The lowest BCUT2D eigenvalue weighted by molar-refractivity contribution is -0.132. The van der Waals surface area contributed by atoms with Crippen LogP contribution >= 0.6 is 0 Å². The summed E-state index contributed by atoms with van der Waals surface area (Å²) in [5.74, 6) is 1.63. The fourth-order valence-corrected chi connectivity index (χ4v) is 3.06. The van der Waals surface area contributed by atoms with Gasteiger partial charge >= 0.3 is 0 Å². The number of imidazole rings is 2. The molecule has 1 saturated heterocycles. The van der Waals surface area contributed by atoms with E-state index >= 15 is 0 Å². The molecule has 22 heavy (non-hydrogen) atoms. The Hall–Kier alpha value is -2.11. The van der Waals surface area contributed by atoms with Crippen molar-refractivity contribution >= 4 is 5.91 Å². The van der Waals surface area contributed by atoms with Crippen LogP contribution in [0, 0.1) is 6.92 Å². The van der Waals surface area contributed by atoms with Crippen LogP contribution in [0.3, 0.4) is 0 Å². The van der Waals surface area contributed by atoms with Gasteiger partial charge in [-0.1, -0.05) is 0 Å². The molecule has 2 aromatic heterocycles. The van der Waals surface area contributed by atoms with Crippen molar-refractivity contribution in [1.82, 2.24) is 24.4 Å². The summed E-state index contributed by atoms with van der Waals surface area (Å²) in [6.07, 6.45) is 11.0. The number of carbonyl (C=O) groups is 1. The van der Waals surface area contributed by atoms with Crippen LogP contribution in [0.5, 0.6) is 0 Å². The largest absolute Gasteiger partial charge is 0.346 e. The van der Waals surface area contributed by atoms with Gasteiger partial charge < -0.3 is 14.5 Å². The molecule has 2 aromatic rings. The van der Waals surface area contributed by atoms with Gasteiger partial charge in [-0.15, -0.1) is 0 Å². The number of aromatic amines is 1. The Labute approximate surface area is 130 Å². The number of likely N-dealkylation sites (tertiary alicyclic amines) is 1. The van der Waals surface area contributed by atoms with Gasteiger partial charge in [0.25, 0.3) is 0 Å². The molecule has 6 nitrogen and oxygen atoms in total. The Morgan fingerprint density at radius 2 is 2.41 bits per heavy atom. The van der Waals surface area contributed by atoms with Gasteiger partial charge in [0.15, 0.2) is 0 Å². The van der Waals surface area contributed by atoms with Gasteiger partial charge in [-0.3, -0.25) is 4.79 Å². The third-order valence-corrected chi connectivity index (χ3v) is 4.25. The van der Waals surface area contributed by atoms with Gasteiger partial charge in [0.05, 0.1) is 6.33 Å². The monoisotopic (exact) mass is 301 g/mol. The number of aromatic nitrogens is 4. The number of carbonyl (C=O) groups excluding carboxylic acids is 1. The van der Waals surface area contributed by atoms with Crippen molar-refractivity contribution in [3.05, 3.63) is 36.4 Å². The summed E-state index contributed by atoms with van der Waals surface area (Å²) >= 11 is 0. The summed E-state index contributed by atoms with van der Waals surface area (Å²) in [6.45, 7) is 4.52. The molecule has 6 heteroatoms. The van der Waals surface area contributed by atoms with E-state index in [-0.39, 0.29) is 5.91 Å². The molecule has 3 heterocycles. The van der Waals surface area contributed by atoms with Crippen LogP contribution < -0.4 is 0 Å². The van der Waals surface area contributed by atoms with Crippen molar-refractivity contribution in [1.29, 1.82) is 0 Å². The van der Waals surface area contributed by atoms with Gasteiger partial charge in [-0.25, -0.2) is 9.97 Å². The molecule has 1 N–H and O–H groups in total. The van der Waals surface area contributed by atoms with Crippen molar-refractivity contribution in [2.24, 2.45) is 0 Å². The predicted octanol–water partition coefficient (Wildman–Crippen LogP) is 2.10. The maximum atomic E-state index is 12.4. The number of nitrogens with one attached hydrogen (secondary N) is 1. The topological polar surface area (TPSA) is 66.8 Å². The van der Waals surface area contributed by atoms with E-state index in [1.54, 1.807) is 12.5 Å². The average molecular weight is 301 g/mol. The van der Waals surface area contributed by atoms with Gasteiger partial charge in [0, 0.05) is 56.3 Å². The molecular formula is C16H23N5O. The van der Waals surface area contributed by atoms with E-state index in [2.05, 4.69) is 15.0 Å². The molecule has 0 aromatic carbocycles. The molecule has 118 valence electrons. The highest BCUT2D eigenvalue weighted by Gasteiger charge is 2.25. The predicted molar refractivity (Wildman–Crippen MR) is 83.3 cm³/mol. The van der Waals surface area contributed by atoms with Gasteiger partial charge in [0.1, 0.15) is 5.82 Å². The highest BCUT2D eigenvalue weighted by molar-refractivity contribution is 5.76. The second-order valence-electron chi connectivity index (χ2n) is 6.03.